The van der Waals surface area contributed by atoms with Crippen LogP contribution in [-0.4, -0.2) is 5.11 Å². The van der Waals surface area contributed by atoms with Gasteiger partial charge in [0.15, 0.2) is 0 Å². The Morgan fingerprint density at radius 2 is 2.23 bits per heavy atom. The molecule has 1 unspecified atom stereocenters. The molecular formula is C10H10O2S. The van der Waals surface area contributed by atoms with Crippen molar-refractivity contribution in [3.05, 3.63) is 46.0 Å². The highest BCUT2D eigenvalue weighted by atomic mass is 32.1. The Morgan fingerprint density at radius 1 is 1.38 bits per heavy atom. The fraction of sp³-hybridized carbons (Fsp3) is 0.200. The summed E-state index contributed by atoms with van der Waals surface area (Å²) >= 11 is 1.58. The van der Waals surface area contributed by atoms with Crippen LogP contribution in [0.25, 0.3) is 0 Å². The first-order valence-electron chi connectivity index (χ1n) is 4.05. The summed E-state index contributed by atoms with van der Waals surface area (Å²) in [6, 6.07) is 7.47. The number of hydrogen-bond donors (Lipinski definition) is 1. The Balaban J connectivity index is 2.28. The number of aliphatic hydroxyl groups is 1. The van der Waals surface area contributed by atoms with Crippen molar-refractivity contribution in [1.29, 1.82) is 0 Å². The summed E-state index contributed by atoms with van der Waals surface area (Å²) in [6.07, 6.45) is 0.952. The van der Waals surface area contributed by atoms with Gasteiger partial charge in [0.1, 0.15) is 11.9 Å². The van der Waals surface area contributed by atoms with Crippen molar-refractivity contribution in [1.82, 2.24) is 0 Å². The maximum Gasteiger partial charge on any atom is 0.146 e. The molecule has 0 aliphatic rings. The quantitative estimate of drug-likeness (QED) is 0.797. The first kappa shape index (κ1) is 8.53. The topological polar surface area (TPSA) is 33.4 Å². The Bertz CT molecular complexity index is 375. The minimum atomic E-state index is -0.617. The van der Waals surface area contributed by atoms with E-state index in [4.69, 9.17) is 4.42 Å². The van der Waals surface area contributed by atoms with Crippen molar-refractivity contribution < 1.29 is 9.52 Å². The lowest BCUT2D eigenvalue weighted by Crippen LogP contribution is -1.93. The number of hydrogen-bond acceptors (Lipinski definition) is 3. The van der Waals surface area contributed by atoms with Crippen LogP contribution in [0.1, 0.15) is 21.6 Å². The van der Waals surface area contributed by atoms with E-state index in [2.05, 4.69) is 0 Å². The molecule has 2 heterocycles. The molecule has 68 valence electrons. The van der Waals surface area contributed by atoms with Crippen LogP contribution in [0.15, 0.2) is 34.9 Å². The molecule has 2 nitrogen and oxygen atoms in total. The molecule has 3 heteroatoms. The molecule has 0 radical (unpaired) electrons. The highest BCUT2D eigenvalue weighted by Gasteiger charge is 2.14. The lowest BCUT2D eigenvalue weighted by Gasteiger charge is -2.03. The number of rotatable bonds is 2. The van der Waals surface area contributed by atoms with Crippen LogP contribution in [0.2, 0.25) is 0 Å². The van der Waals surface area contributed by atoms with Crippen molar-refractivity contribution in [2.45, 2.75) is 13.0 Å². The van der Waals surface area contributed by atoms with Crippen molar-refractivity contribution in [3.8, 4) is 0 Å². The van der Waals surface area contributed by atoms with E-state index < -0.39 is 6.10 Å². The maximum absolute atomic E-state index is 9.81. The zero-order valence-corrected chi connectivity index (χ0v) is 8.04. The Hall–Kier alpha value is -1.06. The highest BCUT2D eigenvalue weighted by Crippen LogP contribution is 2.27. The minimum absolute atomic E-state index is 0.599. The van der Waals surface area contributed by atoms with Gasteiger partial charge in [-0.05, 0) is 31.2 Å². The van der Waals surface area contributed by atoms with E-state index in [-0.39, 0.29) is 0 Å². The summed E-state index contributed by atoms with van der Waals surface area (Å²) in [5.74, 6) is 0.599. The average molecular weight is 194 g/mol. The summed E-state index contributed by atoms with van der Waals surface area (Å²) in [6.45, 7) is 2.02. The molecule has 2 rings (SSSR count). The molecule has 0 aliphatic heterocycles. The predicted octanol–water partition coefficient (Wildman–Crippen LogP) is 2.73. The monoisotopic (exact) mass is 194 g/mol. The number of furan rings is 1. The summed E-state index contributed by atoms with van der Waals surface area (Å²) in [5.41, 5.74) is 0. The van der Waals surface area contributed by atoms with Crippen LogP contribution >= 0.6 is 11.3 Å². The lowest BCUT2D eigenvalue weighted by atomic mass is 10.2. The fourth-order valence-electron chi connectivity index (χ4n) is 1.19. The van der Waals surface area contributed by atoms with E-state index in [0.29, 0.717) is 5.76 Å². The minimum Gasteiger partial charge on any atom is -0.466 e. The molecule has 0 fully saturated rings. The van der Waals surface area contributed by atoms with Crippen molar-refractivity contribution in [2.24, 2.45) is 0 Å². The SMILES string of the molecule is Cc1ccc(C(O)c2ccco2)s1. The maximum atomic E-state index is 9.81. The Labute approximate surface area is 80.4 Å². The van der Waals surface area contributed by atoms with E-state index in [9.17, 15) is 5.11 Å². The van der Waals surface area contributed by atoms with E-state index in [1.165, 1.54) is 4.88 Å². The molecule has 0 saturated heterocycles. The summed E-state index contributed by atoms with van der Waals surface area (Å²) in [7, 11) is 0. The van der Waals surface area contributed by atoms with Gasteiger partial charge in [0.05, 0.1) is 6.26 Å². The molecule has 0 spiro atoms. The number of thiophene rings is 1. The smallest absolute Gasteiger partial charge is 0.146 e. The predicted molar refractivity (Wildman–Crippen MR) is 51.8 cm³/mol. The normalized spacial score (nSPS) is 13.1. The van der Waals surface area contributed by atoms with Gasteiger partial charge >= 0.3 is 0 Å². The first-order valence-corrected chi connectivity index (χ1v) is 4.87. The fourth-order valence-corrected chi connectivity index (χ4v) is 2.06. The summed E-state index contributed by atoms with van der Waals surface area (Å²) in [4.78, 5) is 2.12. The second kappa shape index (κ2) is 3.36. The molecule has 0 aromatic carbocycles. The average Bonchev–Trinajstić information content (AvgIpc) is 2.72. The zero-order chi connectivity index (χ0) is 9.26. The Morgan fingerprint density at radius 3 is 2.77 bits per heavy atom. The Kier molecular flexibility index (Phi) is 2.20. The summed E-state index contributed by atoms with van der Waals surface area (Å²) in [5, 5.41) is 9.81. The molecule has 2 aromatic heterocycles. The van der Waals surface area contributed by atoms with Gasteiger partial charge < -0.3 is 9.52 Å². The largest absolute Gasteiger partial charge is 0.466 e. The molecule has 13 heavy (non-hydrogen) atoms. The lowest BCUT2D eigenvalue weighted by molar-refractivity contribution is 0.193. The van der Waals surface area contributed by atoms with Crippen LogP contribution < -0.4 is 0 Å². The standard InChI is InChI=1S/C10H10O2S/c1-7-4-5-9(13-7)10(11)8-3-2-6-12-8/h2-6,10-11H,1H3. The molecular weight excluding hydrogens is 184 g/mol. The van der Waals surface area contributed by atoms with Crippen LogP contribution in [0, 0.1) is 6.92 Å². The first-order chi connectivity index (χ1) is 6.27. The van der Waals surface area contributed by atoms with Crippen LogP contribution in [0.3, 0.4) is 0 Å². The van der Waals surface area contributed by atoms with Gasteiger partial charge in [-0.2, -0.15) is 0 Å². The third kappa shape index (κ3) is 1.66. The molecule has 1 N–H and O–H groups in total. The molecule has 0 bridgehead atoms. The molecule has 0 amide bonds. The van der Waals surface area contributed by atoms with E-state index in [1.807, 2.05) is 19.1 Å². The van der Waals surface area contributed by atoms with Crippen LogP contribution in [0.4, 0.5) is 0 Å². The van der Waals surface area contributed by atoms with Gasteiger partial charge in [-0.25, -0.2) is 0 Å². The highest BCUT2D eigenvalue weighted by molar-refractivity contribution is 7.12. The molecule has 1 atom stereocenters. The van der Waals surface area contributed by atoms with Crippen LogP contribution in [-0.2, 0) is 0 Å². The van der Waals surface area contributed by atoms with Gasteiger partial charge in [-0.3, -0.25) is 0 Å². The summed E-state index contributed by atoms with van der Waals surface area (Å²) < 4.78 is 5.12. The van der Waals surface area contributed by atoms with E-state index >= 15 is 0 Å². The third-order valence-corrected chi connectivity index (χ3v) is 2.90. The van der Waals surface area contributed by atoms with Crippen molar-refractivity contribution >= 4 is 11.3 Å². The third-order valence-electron chi connectivity index (χ3n) is 1.84. The van der Waals surface area contributed by atoms with Gasteiger partial charge in [0, 0.05) is 9.75 Å². The van der Waals surface area contributed by atoms with Crippen LogP contribution in [0.5, 0.6) is 0 Å². The molecule has 0 aliphatic carbocycles. The van der Waals surface area contributed by atoms with Gasteiger partial charge in [0.2, 0.25) is 0 Å². The molecule has 2 aromatic rings. The van der Waals surface area contributed by atoms with Crippen molar-refractivity contribution in [2.75, 3.05) is 0 Å². The number of aliphatic hydroxyl groups excluding tert-OH is 1. The van der Waals surface area contributed by atoms with Gasteiger partial charge in [-0.15, -0.1) is 11.3 Å². The second-order valence-corrected chi connectivity index (χ2v) is 4.19. The number of aryl methyl sites for hydroxylation is 1. The van der Waals surface area contributed by atoms with E-state index in [1.54, 1.807) is 29.7 Å². The van der Waals surface area contributed by atoms with Crippen molar-refractivity contribution in [3.63, 3.8) is 0 Å². The molecule has 0 saturated carbocycles. The van der Waals surface area contributed by atoms with Gasteiger partial charge in [-0.1, -0.05) is 0 Å². The van der Waals surface area contributed by atoms with E-state index in [0.717, 1.165) is 4.88 Å². The second-order valence-electron chi connectivity index (χ2n) is 2.87. The zero-order valence-electron chi connectivity index (χ0n) is 7.23. The van der Waals surface area contributed by atoms with Gasteiger partial charge in [0.25, 0.3) is 0 Å².